The van der Waals surface area contributed by atoms with Gasteiger partial charge in [-0.25, -0.2) is 13.8 Å². The summed E-state index contributed by atoms with van der Waals surface area (Å²) in [5, 5.41) is 0.467. The van der Waals surface area contributed by atoms with Crippen LogP contribution >= 0.6 is 23.2 Å². The van der Waals surface area contributed by atoms with E-state index in [1.807, 2.05) is 0 Å². The van der Waals surface area contributed by atoms with Crippen molar-refractivity contribution in [1.82, 2.24) is 10.9 Å². The summed E-state index contributed by atoms with van der Waals surface area (Å²) in [6.45, 7) is 0.364. The SMILES string of the molecule is CS(=O)(=O)C1CNNC1c1ccc(Cl)cc1Cl. The molecule has 2 N–H and O–H groups in total. The molecular formula is C10H12Cl2N2O2S. The maximum absolute atomic E-state index is 11.6. The highest BCUT2D eigenvalue weighted by Gasteiger charge is 2.36. The summed E-state index contributed by atoms with van der Waals surface area (Å²) in [6.07, 6.45) is 1.23. The fourth-order valence-corrected chi connectivity index (χ4v) is 3.53. The molecule has 2 rings (SSSR count). The van der Waals surface area contributed by atoms with Crippen LogP contribution in [0.4, 0.5) is 0 Å². The van der Waals surface area contributed by atoms with Crippen LogP contribution in [0.3, 0.4) is 0 Å². The summed E-state index contributed by atoms with van der Waals surface area (Å²) in [4.78, 5) is 0. The van der Waals surface area contributed by atoms with Crippen LogP contribution in [0.5, 0.6) is 0 Å². The molecule has 0 saturated carbocycles. The Morgan fingerprint density at radius 1 is 1.35 bits per heavy atom. The summed E-state index contributed by atoms with van der Waals surface area (Å²) in [5.41, 5.74) is 6.51. The van der Waals surface area contributed by atoms with Crippen molar-refractivity contribution < 1.29 is 8.42 Å². The Labute approximate surface area is 110 Å². The molecule has 0 aliphatic carbocycles. The van der Waals surface area contributed by atoms with Gasteiger partial charge in [-0.3, -0.25) is 5.43 Å². The highest BCUT2D eigenvalue weighted by Crippen LogP contribution is 2.31. The van der Waals surface area contributed by atoms with Crippen LogP contribution in [-0.4, -0.2) is 26.5 Å². The summed E-state index contributed by atoms with van der Waals surface area (Å²) in [6, 6.07) is 4.70. The molecule has 0 bridgehead atoms. The molecule has 1 heterocycles. The van der Waals surface area contributed by atoms with Crippen molar-refractivity contribution in [3.63, 3.8) is 0 Å². The van der Waals surface area contributed by atoms with Gasteiger partial charge < -0.3 is 0 Å². The Hall–Kier alpha value is -0.330. The van der Waals surface area contributed by atoms with Gasteiger partial charge in [-0.1, -0.05) is 29.3 Å². The molecule has 1 aromatic carbocycles. The average molecular weight is 295 g/mol. The normalized spacial score (nSPS) is 25.1. The second-order valence-electron chi connectivity index (χ2n) is 4.04. The van der Waals surface area contributed by atoms with Gasteiger partial charge in [-0.15, -0.1) is 0 Å². The van der Waals surface area contributed by atoms with E-state index in [9.17, 15) is 8.42 Å². The molecule has 0 radical (unpaired) electrons. The number of hydrazine groups is 1. The first-order valence-electron chi connectivity index (χ1n) is 5.02. The van der Waals surface area contributed by atoms with Crippen molar-refractivity contribution in [3.05, 3.63) is 33.8 Å². The highest BCUT2D eigenvalue weighted by molar-refractivity contribution is 7.91. The quantitative estimate of drug-likeness (QED) is 0.869. The van der Waals surface area contributed by atoms with Gasteiger partial charge in [0.1, 0.15) is 0 Å². The molecule has 4 nitrogen and oxygen atoms in total. The molecule has 1 aliphatic heterocycles. The van der Waals surface area contributed by atoms with Crippen molar-refractivity contribution in [2.75, 3.05) is 12.8 Å². The van der Waals surface area contributed by atoms with Gasteiger partial charge in [0.05, 0.1) is 11.3 Å². The van der Waals surface area contributed by atoms with E-state index in [1.165, 1.54) is 6.26 Å². The zero-order valence-corrected chi connectivity index (χ0v) is 11.4. The van der Waals surface area contributed by atoms with Gasteiger partial charge in [-0.05, 0) is 17.7 Å². The monoisotopic (exact) mass is 294 g/mol. The average Bonchev–Trinajstić information content (AvgIpc) is 2.65. The third-order valence-corrected chi connectivity index (χ3v) is 4.88. The lowest BCUT2D eigenvalue weighted by molar-refractivity contribution is 0.557. The van der Waals surface area contributed by atoms with Gasteiger partial charge in [-0.2, -0.15) is 0 Å². The standard InChI is InChI=1S/C10H12Cl2N2O2S/c1-17(15,16)9-5-13-14-10(9)7-3-2-6(11)4-8(7)12/h2-4,9-10,13-14H,5H2,1H3. The highest BCUT2D eigenvalue weighted by atomic mass is 35.5. The largest absolute Gasteiger partial charge is 0.256 e. The number of rotatable bonds is 2. The second-order valence-corrected chi connectivity index (χ2v) is 7.14. The minimum Gasteiger partial charge on any atom is -0.256 e. The summed E-state index contributed by atoms with van der Waals surface area (Å²) in [5.74, 6) is 0. The van der Waals surface area contributed by atoms with Gasteiger partial charge in [0.15, 0.2) is 9.84 Å². The van der Waals surface area contributed by atoms with E-state index >= 15 is 0 Å². The number of halogens is 2. The summed E-state index contributed by atoms with van der Waals surface area (Å²) < 4.78 is 23.3. The van der Waals surface area contributed by atoms with E-state index in [1.54, 1.807) is 18.2 Å². The van der Waals surface area contributed by atoms with Crippen molar-refractivity contribution in [2.24, 2.45) is 0 Å². The van der Waals surface area contributed by atoms with Crippen LogP contribution in [0.2, 0.25) is 10.0 Å². The lowest BCUT2D eigenvalue weighted by Gasteiger charge is -2.18. The molecular weight excluding hydrogens is 283 g/mol. The van der Waals surface area contributed by atoms with Crippen LogP contribution in [0.25, 0.3) is 0 Å². The van der Waals surface area contributed by atoms with E-state index in [-0.39, 0.29) is 6.04 Å². The molecule has 17 heavy (non-hydrogen) atoms. The Kier molecular flexibility index (Phi) is 3.66. The third kappa shape index (κ3) is 2.74. The molecule has 0 amide bonds. The van der Waals surface area contributed by atoms with Gasteiger partial charge in [0, 0.05) is 22.8 Å². The van der Waals surface area contributed by atoms with E-state index < -0.39 is 15.1 Å². The van der Waals surface area contributed by atoms with Crippen molar-refractivity contribution in [2.45, 2.75) is 11.3 Å². The van der Waals surface area contributed by atoms with Gasteiger partial charge in [0.25, 0.3) is 0 Å². The molecule has 0 aromatic heterocycles. The van der Waals surface area contributed by atoms with E-state index in [2.05, 4.69) is 10.9 Å². The first-order chi connectivity index (χ1) is 7.89. The minimum atomic E-state index is -3.14. The number of hydrogen-bond acceptors (Lipinski definition) is 4. The number of benzene rings is 1. The topological polar surface area (TPSA) is 58.2 Å². The van der Waals surface area contributed by atoms with Crippen LogP contribution in [-0.2, 0) is 9.84 Å². The van der Waals surface area contributed by atoms with E-state index in [4.69, 9.17) is 23.2 Å². The van der Waals surface area contributed by atoms with Crippen LogP contribution in [0.15, 0.2) is 18.2 Å². The first kappa shape index (κ1) is 13.1. The fourth-order valence-electron chi connectivity index (χ4n) is 1.91. The van der Waals surface area contributed by atoms with Crippen LogP contribution in [0, 0.1) is 0 Å². The molecule has 7 heteroatoms. The fraction of sp³-hybridized carbons (Fsp3) is 0.400. The lowest BCUT2D eigenvalue weighted by Crippen LogP contribution is -2.29. The molecule has 2 atom stereocenters. The predicted molar refractivity (Wildman–Crippen MR) is 69.0 cm³/mol. The van der Waals surface area contributed by atoms with Crippen LogP contribution in [0.1, 0.15) is 11.6 Å². The Bertz CT molecular complexity index is 533. The zero-order chi connectivity index (χ0) is 12.6. The van der Waals surface area contributed by atoms with E-state index in [0.29, 0.717) is 16.6 Å². The number of nitrogens with one attached hydrogen (secondary N) is 2. The Morgan fingerprint density at radius 3 is 2.65 bits per heavy atom. The number of hydrogen-bond donors (Lipinski definition) is 2. The maximum atomic E-state index is 11.6. The Balaban J connectivity index is 2.39. The molecule has 2 unspecified atom stereocenters. The molecule has 1 aliphatic rings. The maximum Gasteiger partial charge on any atom is 0.153 e. The lowest BCUT2D eigenvalue weighted by atomic mass is 10.1. The van der Waals surface area contributed by atoms with Crippen molar-refractivity contribution in [3.8, 4) is 0 Å². The number of sulfone groups is 1. The predicted octanol–water partition coefficient (Wildman–Crippen LogP) is 1.56. The van der Waals surface area contributed by atoms with Crippen LogP contribution < -0.4 is 10.9 Å². The summed E-state index contributed by atoms with van der Waals surface area (Å²) >= 11 is 11.9. The smallest absolute Gasteiger partial charge is 0.153 e. The molecule has 1 fully saturated rings. The zero-order valence-electron chi connectivity index (χ0n) is 9.07. The Morgan fingerprint density at radius 2 is 2.06 bits per heavy atom. The molecule has 0 spiro atoms. The molecule has 1 aromatic rings. The third-order valence-electron chi connectivity index (χ3n) is 2.78. The first-order valence-corrected chi connectivity index (χ1v) is 7.73. The summed E-state index contributed by atoms with van der Waals surface area (Å²) in [7, 11) is -3.14. The van der Waals surface area contributed by atoms with Gasteiger partial charge in [0.2, 0.25) is 0 Å². The van der Waals surface area contributed by atoms with Crippen molar-refractivity contribution in [1.29, 1.82) is 0 Å². The van der Waals surface area contributed by atoms with Crippen molar-refractivity contribution >= 4 is 33.0 Å². The van der Waals surface area contributed by atoms with Gasteiger partial charge >= 0.3 is 0 Å². The minimum absolute atomic E-state index is 0.352. The molecule has 94 valence electrons. The second kappa shape index (κ2) is 4.74. The van der Waals surface area contributed by atoms with E-state index in [0.717, 1.165) is 5.56 Å². The molecule has 1 saturated heterocycles.